The maximum Gasteiger partial charge on any atom is 0.250 e. The third kappa shape index (κ3) is 2.49. The average Bonchev–Trinajstić information content (AvgIpc) is 2.64. The van der Waals surface area contributed by atoms with Gasteiger partial charge in [-0.1, -0.05) is 36.8 Å². The van der Waals surface area contributed by atoms with Gasteiger partial charge in [-0.05, 0) is 25.1 Å². The highest BCUT2D eigenvalue weighted by Gasteiger charge is 2.09. The van der Waals surface area contributed by atoms with E-state index < -0.39 is 0 Å². The summed E-state index contributed by atoms with van der Waals surface area (Å²) in [4.78, 5) is 16.7. The molecule has 0 radical (unpaired) electrons. The van der Waals surface area contributed by atoms with Gasteiger partial charge < -0.3 is 4.57 Å². The van der Waals surface area contributed by atoms with Gasteiger partial charge in [0.25, 0.3) is 5.91 Å². The van der Waals surface area contributed by atoms with Crippen molar-refractivity contribution in [1.29, 1.82) is 0 Å². The highest BCUT2D eigenvalue weighted by Crippen LogP contribution is 2.21. The highest BCUT2D eigenvalue weighted by molar-refractivity contribution is 7.16. The number of amides is 1. The Morgan fingerprint density at radius 1 is 1.50 bits per heavy atom. The Hall–Kier alpha value is -1.13. The zero-order chi connectivity index (χ0) is 13.3. The molecule has 2 rings (SSSR count). The first-order valence-corrected chi connectivity index (χ1v) is 7.09. The van der Waals surface area contributed by atoms with Crippen LogP contribution in [0.25, 0.3) is 10.2 Å². The minimum absolute atomic E-state index is 0.0795. The highest BCUT2D eigenvalue weighted by atomic mass is 35.5. The molecular formula is C13H15ClN2OS. The van der Waals surface area contributed by atoms with E-state index in [0.717, 1.165) is 21.6 Å². The molecule has 0 aliphatic heterocycles. The molecule has 0 fully saturated rings. The van der Waals surface area contributed by atoms with Crippen LogP contribution in [-0.4, -0.2) is 10.5 Å². The molecule has 1 aromatic heterocycles. The maximum absolute atomic E-state index is 11.7. The molecule has 0 N–H and O–H groups in total. The SMILES string of the molecule is CCn1c(=NC(=O)C(C)C)sc2cc(Cl)ccc21. The second-order valence-electron chi connectivity index (χ2n) is 4.35. The van der Waals surface area contributed by atoms with Crippen LogP contribution in [0.15, 0.2) is 23.2 Å². The number of aromatic nitrogens is 1. The predicted octanol–water partition coefficient (Wildman–Crippen LogP) is 3.46. The van der Waals surface area contributed by atoms with Gasteiger partial charge in [-0.25, -0.2) is 0 Å². The van der Waals surface area contributed by atoms with Crippen LogP contribution in [0.2, 0.25) is 5.02 Å². The molecule has 96 valence electrons. The summed E-state index contributed by atoms with van der Waals surface area (Å²) < 4.78 is 3.09. The molecule has 1 heterocycles. The van der Waals surface area contributed by atoms with Gasteiger partial charge in [0.15, 0.2) is 4.80 Å². The Bertz CT molecular complexity index is 655. The lowest BCUT2D eigenvalue weighted by atomic mass is 10.2. The van der Waals surface area contributed by atoms with Crippen molar-refractivity contribution in [2.24, 2.45) is 10.9 Å². The van der Waals surface area contributed by atoms with E-state index in [1.165, 1.54) is 11.3 Å². The number of halogens is 1. The third-order valence-corrected chi connectivity index (χ3v) is 3.94. The van der Waals surface area contributed by atoms with Crippen LogP contribution in [0.4, 0.5) is 0 Å². The minimum Gasteiger partial charge on any atom is -0.317 e. The fourth-order valence-electron chi connectivity index (χ4n) is 1.66. The predicted molar refractivity (Wildman–Crippen MR) is 75.9 cm³/mol. The van der Waals surface area contributed by atoms with E-state index in [2.05, 4.69) is 4.99 Å². The zero-order valence-electron chi connectivity index (χ0n) is 10.6. The summed E-state index contributed by atoms with van der Waals surface area (Å²) in [6.45, 7) is 6.53. The number of thiazole rings is 1. The molecule has 1 amide bonds. The van der Waals surface area contributed by atoms with Crippen molar-refractivity contribution in [1.82, 2.24) is 4.57 Å². The Balaban J connectivity index is 2.68. The molecule has 0 bridgehead atoms. The lowest BCUT2D eigenvalue weighted by molar-refractivity contribution is -0.120. The number of hydrogen-bond donors (Lipinski definition) is 0. The molecular weight excluding hydrogens is 268 g/mol. The van der Waals surface area contributed by atoms with Crippen molar-refractivity contribution in [3.63, 3.8) is 0 Å². The van der Waals surface area contributed by atoms with Crippen molar-refractivity contribution in [3.05, 3.63) is 28.0 Å². The zero-order valence-corrected chi connectivity index (χ0v) is 12.2. The first kappa shape index (κ1) is 13.3. The smallest absolute Gasteiger partial charge is 0.250 e. The minimum atomic E-state index is -0.0881. The summed E-state index contributed by atoms with van der Waals surface area (Å²) in [5, 5.41) is 0.703. The van der Waals surface area contributed by atoms with Crippen LogP contribution in [0, 0.1) is 5.92 Å². The van der Waals surface area contributed by atoms with Gasteiger partial charge in [-0.3, -0.25) is 4.79 Å². The van der Waals surface area contributed by atoms with E-state index in [1.807, 2.05) is 43.5 Å². The first-order chi connectivity index (χ1) is 8.52. The molecule has 0 saturated heterocycles. The normalized spacial score (nSPS) is 12.6. The standard InChI is InChI=1S/C13H15ClN2OS/c1-4-16-10-6-5-9(14)7-11(10)18-13(16)15-12(17)8(2)3/h5-8H,4H2,1-3H3. The van der Waals surface area contributed by atoms with Crippen LogP contribution in [-0.2, 0) is 11.3 Å². The van der Waals surface area contributed by atoms with Crippen molar-refractivity contribution >= 4 is 39.1 Å². The van der Waals surface area contributed by atoms with Gasteiger partial charge in [0.1, 0.15) is 0 Å². The number of fused-ring (bicyclic) bond motifs is 1. The second kappa shape index (κ2) is 5.24. The Morgan fingerprint density at radius 2 is 2.22 bits per heavy atom. The summed E-state index contributed by atoms with van der Waals surface area (Å²) in [5.41, 5.74) is 1.07. The van der Waals surface area contributed by atoms with Crippen molar-refractivity contribution < 1.29 is 4.79 Å². The maximum atomic E-state index is 11.7. The molecule has 0 saturated carbocycles. The Labute approximate surface area is 115 Å². The van der Waals surface area contributed by atoms with Crippen molar-refractivity contribution in [2.45, 2.75) is 27.3 Å². The molecule has 0 aliphatic carbocycles. The monoisotopic (exact) mass is 282 g/mol. The van der Waals surface area contributed by atoms with E-state index in [9.17, 15) is 4.79 Å². The number of hydrogen-bond acceptors (Lipinski definition) is 2. The summed E-state index contributed by atoms with van der Waals surface area (Å²) in [7, 11) is 0. The van der Waals surface area contributed by atoms with Crippen molar-refractivity contribution in [3.8, 4) is 0 Å². The number of carbonyl (C=O) groups is 1. The first-order valence-electron chi connectivity index (χ1n) is 5.90. The van der Waals surface area contributed by atoms with Gasteiger partial charge in [0.05, 0.1) is 10.2 Å². The largest absolute Gasteiger partial charge is 0.317 e. The molecule has 0 unspecified atom stereocenters. The van der Waals surface area contributed by atoms with Gasteiger partial charge in [-0.2, -0.15) is 4.99 Å². The number of aryl methyl sites for hydroxylation is 1. The van der Waals surface area contributed by atoms with Crippen LogP contribution >= 0.6 is 22.9 Å². The van der Waals surface area contributed by atoms with E-state index in [-0.39, 0.29) is 11.8 Å². The number of nitrogens with zero attached hydrogens (tertiary/aromatic N) is 2. The Kier molecular flexibility index (Phi) is 3.88. The summed E-state index contributed by atoms with van der Waals surface area (Å²) in [5.74, 6) is -0.168. The van der Waals surface area contributed by atoms with Gasteiger partial charge in [0.2, 0.25) is 0 Å². The van der Waals surface area contributed by atoms with E-state index in [4.69, 9.17) is 11.6 Å². The van der Waals surface area contributed by atoms with Gasteiger partial charge >= 0.3 is 0 Å². The molecule has 0 spiro atoms. The van der Waals surface area contributed by atoms with Crippen LogP contribution in [0.3, 0.4) is 0 Å². The topological polar surface area (TPSA) is 34.4 Å². The van der Waals surface area contributed by atoms with Crippen molar-refractivity contribution in [2.75, 3.05) is 0 Å². The molecule has 0 atom stereocenters. The van der Waals surface area contributed by atoms with Gasteiger partial charge in [-0.15, -0.1) is 0 Å². The Morgan fingerprint density at radius 3 is 2.83 bits per heavy atom. The third-order valence-electron chi connectivity index (χ3n) is 2.66. The molecule has 3 nitrogen and oxygen atoms in total. The lowest BCUT2D eigenvalue weighted by Gasteiger charge is -2.00. The molecule has 5 heteroatoms. The fraction of sp³-hybridized carbons (Fsp3) is 0.385. The van der Waals surface area contributed by atoms with E-state index >= 15 is 0 Å². The fourth-order valence-corrected chi connectivity index (χ4v) is 3.04. The van der Waals surface area contributed by atoms with Crippen LogP contribution in [0.5, 0.6) is 0 Å². The summed E-state index contributed by atoms with van der Waals surface area (Å²) in [6, 6.07) is 5.74. The molecule has 18 heavy (non-hydrogen) atoms. The molecule has 2 aromatic rings. The summed E-state index contributed by atoms with van der Waals surface area (Å²) in [6.07, 6.45) is 0. The molecule has 1 aromatic carbocycles. The quantitative estimate of drug-likeness (QED) is 0.831. The van der Waals surface area contributed by atoms with Crippen LogP contribution < -0.4 is 4.80 Å². The number of carbonyl (C=O) groups excluding carboxylic acids is 1. The average molecular weight is 283 g/mol. The van der Waals surface area contributed by atoms with Gasteiger partial charge in [0, 0.05) is 17.5 Å². The lowest BCUT2D eigenvalue weighted by Crippen LogP contribution is -2.17. The number of rotatable bonds is 2. The second-order valence-corrected chi connectivity index (χ2v) is 5.79. The number of benzene rings is 1. The molecule has 0 aliphatic rings. The van der Waals surface area contributed by atoms with Crippen LogP contribution in [0.1, 0.15) is 20.8 Å². The van der Waals surface area contributed by atoms with E-state index in [1.54, 1.807) is 0 Å². The van der Waals surface area contributed by atoms with E-state index in [0.29, 0.717) is 5.02 Å². The summed E-state index contributed by atoms with van der Waals surface area (Å²) >= 11 is 7.48.